The highest BCUT2D eigenvalue weighted by molar-refractivity contribution is 5.99. The summed E-state index contributed by atoms with van der Waals surface area (Å²) in [5, 5.41) is 5.77. The number of carbonyl (C=O) groups excluding carboxylic acids is 2. The first kappa shape index (κ1) is 26.9. The minimum absolute atomic E-state index is 0.248. The topological polar surface area (TPSA) is 73.9 Å². The Morgan fingerprint density at radius 2 is 1.67 bits per heavy atom. The first-order valence-electron chi connectivity index (χ1n) is 14.4. The fourth-order valence-electron chi connectivity index (χ4n) is 5.77. The van der Waals surface area contributed by atoms with Gasteiger partial charge < -0.3 is 25.2 Å². The predicted octanol–water partition coefficient (Wildman–Crippen LogP) is 6.95. The minimum atomic E-state index is -0.296. The quantitative estimate of drug-likeness (QED) is 0.369. The van der Waals surface area contributed by atoms with Gasteiger partial charge >= 0.3 is 6.03 Å². The van der Waals surface area contributed by atoms with Crippen LogP contribution < -0.4 is 20.3 Å². The lowest BCUT2D eigenvalue weighted by Gasteiger charge is -2.26. The van der Waals surface area contributed by atoms with Crippen molar-refractivity contribution >= 4 is 29.0 Å². The van der Waals surface area contributed by atoms with Crippen LogP contribution in [0.4, 0.5) is 21.9 Å². The predicted molar refractivity (Wildman–Crippen MR) is 157 cm³/mol. The SMILES string of the molecule is CN(C(=O)CCC1CCCC1)C1CCN(c2ccc(NC(=O)Nc3ccc(OC4=CC=CCC4)cc3)cc2)C1. The molecule has 1 heterocycles. The number of likely N-dealkylation sites (N-methyl/N-ethyl adjacent to an activating group) is 1. The largest absolute Gasteiger partial charge is 0.462 e. The van der Waals surface area contributed by atoms with Gasteiger partial charge in [0.2, 0.25) is 5.91 Å². The third-order valence-electron chi connectivity index (χ3n) is 8.17. The number of nitrogens with one attached hydrogen (secondary N) is 2. The van der Waals surface area contributed by atoms with Crippen LogP contribution in [-0.2, 0) is 4.79 Å². The molecule has 7 nitrogen and oxygen atoms in total. The van der Waals surface area contributed by atoms with Gasteiger partial charge in [0.25, 0.3) is 0 Å². The van der Waals surface area contributed by atoms with Crippen molar-refractivity contribution in [1.29, 1.82) is 0 Å². The summed E-state index contributed by atoms with van der Waals surface area (Å²) in [5.74, 6) is 2.72. The lowest BCUT2D eigenvalue weighted by atomic mass is 10.0. The van der Waals surface area contributed by atoms with Crippen molar-refractivity contribution in [3.8, 4) is 5.75 Å². The van der Waals surface area contributed by atoms with E-state index in [2.05, 4.69) is 21.6 Å². The normalized spacial score (nSPS) is 19.1. The van der Waals surface area contributed by atoms with Gasteiger partial charge in [0.1, 0.15) is 11.5 Å². The summed E-state index contributed by atoms with van der Waals surface area (Å²) in [6, 6.07) is 15.2. The van der Waals surface area contributed by atoms with Crippen LogP contribution in [0.5, 0.6) is 5.75 Å². The Morgan fingerprint density at radius 1 is 0.974 bits per heavy atom. The van der Waals surface area contributed by atoms with Crippen LogP contribution in [0.25, 0.3) is 0 Å². The zero-order valence-electron chi connectivity index (χ0n) is 22.9. The van der Waals surface area contributed by atoms with Crippen molar-refractivity contribution in [2.24, 2.45) is 5.92 Å². The Morgan fingerprint density at radius 3 is 2.33 bits per heavy atom. The van der Waals surface area contributed by atoms with E-state index in [1.807, 2.05) is 72.6 Å². The highest BCUT2D eigenvalue weighted by Gasteiger charge is 2.29. The molecule has 0 radical (unpaired) electrons. The van der Waals surface area contributed by atoms with Gasteiger partial charge in [0, 0.05) is 50.0 Å². The second-order valence-corrected chi connectivity index (χ2v) is 10.9. The average Bonchev–Trinajstić information content (AvgIpc) is 3.66. The maximum Gasteiger partial charge on any atom is 0.323 e. The maximum atomic E-state index is 12.8. The molecular weight excluding hydrogens is 488 g/mol. The van der Waals surface area contributed by atoms with Crippen LogP contribution in [0.3, 0.4) is 0 Å². The van der Waals surface area contributed by atoms with Crippen molar-refractivity contribution < 1.29 is 14.3 Å². The number of ether oxygens (including phenoxy) is 1. The summed E-state index contributed by atoms with van der Waals surface area (Å²) in [6.07, 6.45) is 15.9. The number of anilines is 3. The second-order valence-electron chi connectivity index (χ2n) is 10.9. The molecule has 39 heavy (non-hydrogen) atoms. The molecule has 1 saturated heterocycles. The van der Waals surface area contributed by atoms with E-state index in [0.717, 1.165) is 67.6 Å². The lowest BCUT2D eigenvalue weighted by molar-refractivity contribution is -0.131. The summed E-state index contributed by atoms with van der Waals surface area (Å²) in [5.41, 5.74) is 2.52. The van der Waals surface area contributed by atoms with Crippen LogP contribution in [0, 0.1) is 5.92 Å². The number of hydrogen-bond acceptors (Lipinski definition) is 4. The fourth-order valence-corrected chi connectivity index (χ4v) is 5.77. The molecule has 206 valence electrons. The molecule has 2 aromatic carbocycles. The van der Waals surface area contributed by atoms with Crippen LogP contribution in [-0.4, -0.2) is 43.0 Å². The van der Waals surface area contributed by atoms with E-state index in [0.29, 0.717) is 12.1 Å². The molecule has 1 unspecified atom stereocenters. The maximum absolute atomic E-state index is 12.8. The number of allylic oxidation sites excluding steroid dienone is 4. The third kappa shape index (κ3) is 7.43. The van der Waals surface area contributed by atoms with E-state index in [4.69, 9.17) is 4.74 Å². The van der Waals surface area contributed by atoms with Gasteiger partial charge in [-0.05, 0) is 79.8 Å². The van der Waals surface area contributed by atoms with Crippen LogP contribution in [0.2, 0.25) is 0 Å². The molecule has 1 atom stereocenters. The number of rotatable bonds is 9. The van der Waals surface area contributed by atoms with Gasteiger partial charge in [0.15, 0.2) is 0 Å². The number of hydrogen-bond donors (Lipinski definition) is 2. The van der Waals surface area contributed by atoms with E-state index < -0.39 is 0 Å². The Labute approximate surface area is 231 Å². The Bertz CT molecular complexity index is 1180. The Balaban J connectivity index is 1.06. The standard InChI is InChI=1S/C32H40N4O3/c1-35(31(37)20-11-24-7-5-6-8-24)28-21-22-36(23-28)27-16-12-25(13-17-27)33-32(38)34-26-14-18-30(19-15-26)39-29-9-3-2-4-10-29/h2-3,9,12-19,24,28H,4-8,10-11,20-23H2,1H3,(H2,33,34,38). The zero-order chi connectivity index (χ0) is 27.0. The molecule has 2 fully saturated rings. The van der Waals surface area contributed by atoms with Gasteiger partial charge in [-0.15, -0.1) is 0 Å². The van der Waals surface area contributed by atoms with Gasteiger partial charge in [-0.3, -0.25) is 4.79 Å². The van der Waals surface area contributed by atoms with Crippen LogP contribution in [0.15, 0.2) is 72.5 Å². The van der Waals surface area contributed by atoms with E-state index in [1.54, 1.807) is 0 Å². The molecule has 0 aromatic heterocycles. The van der Waals surface area contributed by atoms with Crippen molar-refractivity contribution in [3.05, 3.63) is 72.5 Å². The summed E-state index contributed by atoms with van der Waals surface area (Å²) in [4.78, 5) is 29.6. The molecule has 7 heteroatoms. The third-order valence-corrected chi connectivity index (χ3v) is 8.17. The summed E-state index contributed by atoms with van der Waals surface area (Å²) < 4.78 is 5.88. The van der Waals surface area contributed by atoms with E-state index in [-0.39, 0.29) is 18.0 Å². The van der Waals surface area contributed by atoms with Gasteiger partial charge in [0.05, 0.1) is 6.04 Å². The number of benzene rings is 2. The minimum Gasteiger partial charge on any atom is -0.462 e. The zero-order valence-corrected chi connectivity index (χ0v) is 22.9. The van der Waals surface area contributed by atoms with Crippen LogP contribution >= 0.6 is 0 Å². The van der Waals surface area contributed by atoms with Crippen molar-refractivity contribution in [1.82, 2.24) is 4.90 Å². The molecule has 2 aromatic rings. The summed E-state index contributed by atoms with van der Waals surface area (Å²) >= 11 is 0. The number of urea groups is 1. The van der Waals surface area contributed by atoms with E-state index in [9.17, 15) is 9.59 Å². The second kappa shape index (κ2) is 12.9. The molecule has 0 bridgehead atoms. The Hall–Kier alpha value is -3.74. The summed E-state index contributed by atoms with van der Waals surface area (Å²) in [6.45, 7) is 1.76. The molecule has 3 amide bonds. The van der Waals surface area contributed by atoms with E-state index in [1.165, 1.54) is 25.7 Å². The highest BCUT2D eigenvalue weighted by Crippen LogP contribution is 2.30. The first-order chi connectivity index (χ1) is 19.0. The molecule has 1 aliphatic heterocycles. The number of nitrogens with zero attached hydrogens (tertiary/aromatic N) is 2. The van der Waals surface area contributed by atoms with Crippen molar-refractivity contribution in [3.63, 3.8) is 0 Å². The fraction of sp³-hybridized carbons (Fsp3) is 0.438. The molecule has 5 rings (SSSR count). The monoisotopic (exact) mass is 528 g/mol. The molecule has 1 saturated carbocycles. The van der Waals surface area contributed by atoms with Crippen LogP contribution in [0.1, 0.15) is 57.8 Å². The van der Waals surface area contributed by atoms with Crippen molar-refractivity contribution in [2.45, 2.75) is 63.8 Å². The van der Waals surface area contributed by atoms with Crippen molar-refractivity contribution in [2.75, 3.05) is 35.7 Å². The molecule has 2 aliphatic carbocycles. The molecule has 0 spiro atoms. The highest BCUT2D eigenvalue weighted by atomic mass is 16.5. The molecule has 3 aliphatic rings. The smallest absolute Gasteiger partial charge is 0.323 e. The van der Waals surface area contributed by atoms with Gasteiger partial charge in [-0.1, -0.05) is 37.8 Å². The number of carbonyl (C=O) groups is 2. The van der Waals surface area contributed by atoms with Gasteiger partial charge in [-0.2, -0.15) is 0 Å². The average molecular weight is 529 g/mol. The molecule has 2 N–H and O–H groups in total. The molecular formula is C32H40N4O3. The van der Waals surface area contributed by atoms with E-state index >= 15 is 0 Å². The number of amides is 3. The Kier molecular flexibility index (Phi) is 8.86. The van der Waals surface area contributed by atoms with Gasteiger partial charge in [-0.25, -0.2) is 4.79 Å². The first-order valence-corrected chi connectivity index (χ1v) is 14.4. The lowest BCUT2D eigenvalue weighted by Crippen LogP contribution is -2.39. The summed E-state index contributed by atoms with van der Waals surface area (Å²) in [7, 11) is 1.96.